The standard InChI is InChI=1S/C16H24N2O/c1-17-10-13-6-8-18(9-7-13)16-12-19-11-14-4-2-3-5-15(14)16/h2-5,13,16-17H,6-12H2,1H3. The van der Waals surface area contributed by atoms with E-state index in [9.17, 15) is 0 Å². The average Bonchev–Trinajstić information content (AvgIpc) is 2.48. The monoisotopic (exact) mass is 260 g/mol. The summed E-state index contributed by atoms with van der Waals surface area (Å²) in [7, 11) is 2.05. The van der Waals surface area contributed by atoms with Crippen molar-refractivity contribution in [3.05, 3.63) is 35.4 Å². The van der Waals surface area contributed by atoms with E-state index in [-0.39, 0.29) is 0 Å². The third-order valence-corrected chi connectivity index (χ3v) is 4.53. The number of benzene rings is 1. The summed E-state index contributed by atoms with van der Waals surface area (Å²) >= 11 is 0. The van der Waals surface area contributed by atoms with Gasteiger partial charge in [0.2, 0.25) is 0 Å². The Morgan fingerprint density at radius 2 is 2.05 bits per heavy atom. The predicted molar refractivity (Wildman–Crippen MR) is 77.1 cm³/mol. The second kappa shape index (κ2) is 6.04. The molecule has 0 spiro atoms. The van der Waals surface area contributed by atoms with Crippen LogP contribution < -0.4 is 5.32 Å². The first-order valence-corrected chi connectivity index (χ1v) is 7.42. The highest BCUT2D eigenvalue weighted by Crippen LogP contribution is 2.32. The van der Waals surface area contributed by atoms with Gasteiger partial charge in [0.25, 0.3) is 0 Å². The first-order chi connectivity index (χ1) is 9.38. The molecule has 1 atom stereocenters. The minimum Gasteiger partial charge on any atom is -0.375 e. The Morgan fingerprint density at radius 3 is 2.84 bits per heavy atom. The molecule has 1 aromatic rings. The SMILES string of the molecule is CNCC1CCN(C2COCc3ccccc32)CC1. The van der Waals surface area contributed by atoms with Crippen molar-refractivity contribution in [2.75, 3.05) is 33.3 Å². The molecule has 1 fully saturated rings. The van der Waals surface area contributed by atoms with Crippen LogP contribution in [0.25, 0.3) is 0 Å². The zero-order valence-corrected chi connectivity index (χ0v) is 11.8. The van der Waals surface area contributed by atoms with Crippen molar-refractivity contribution in [3.8, 4) is 0 Å². The fourth-order valence-electron chi connectivity index (χ4n) is 3.42. The van der Waals surface area contributed by atoms with Gasteiger partial charge in [-0.3, -0.25) is 4.90 Å². The highest BCUT2D eigenvalue weighted by atomic mass is 16.5. The van der Waals surface area contributed by atoms with Crippen LogP contribution >= 0.6 is 0 Å². The lowest BCUT2D eigenvalue weighted by atomic mass is 9.92. The van der Waals surface area contributed by atoms with Gasteiger partial charge in [0.1, 0.15) is 0 Å². The lowest BCUT2D eigenvalue weighted by Crippen LogP contribution is -2.41. The van der Waals surface area contributed by atoms with Crippen molar-refractivity contribution in [1.82, 2.24) is 10.2 Å². The number of likely N-dealkylation sites (tertiary alicyclic amines) is 1. The Kier molecular flexibility index (Phi) is 4.16. The van der Waals surface area contributed by atoms with E-state index in [1.165, 1.54) is 37.1 Å². The van der Waals surface area contributed by atoms with Crippen LogP contribution in [0.15, 0.2) is 24.3 Å². The minimum atomic E-state index is 0.473. The van der Waals surface area contributed by atoms with Gasteiger partial charge in [0.15, 0.2) is 0 Å². The van der Waals surface area contributed by atoms with Crippen LogP contribution in [-0.4, -0.2) is 38.2 Å². The number of nitrogens with one attached hydrogen (secondary N) is 1. The lowest BCUT2D eigenvalue weighted by Gasteiger charge is -2.40. The Hall–Kier alpha value is -0.900. The lowest BCUT2D eigenvalue weighted by molar-refractivity contribution is 0.0184. The van der Waals surface area contributed by atoms with Crippen molar-refractivity contribution in [3.63, 3.8) is 0 Å². The Labute approximate surface area is 115 Å². The number of rotatable bonds is 3. The summed E-state index contributed by atoms with van der Waals surface area (Å²) in [6.45, 7) is 5.20. The number of piperidine rings is 1. The Bertz CT molecular complexity index is 413. The van der Waals surface area contributed by atoms with E-state index in [0.717, 1.165) is 25.7 Å². The molecule has 0 amide bonds. The summed E-state index contributed by atoms with van der Waals surface area (Å²) in [4.78, 5) is 2.62. The van der Waals surface area contributed by atoms with Crippen LogP contribution in [0.4, 0.5) is 0 Å². The smallest absolute Gasteiger partial charge is 0.0721 e. The molecule has 2 heterocycles. The molecule has 1 saturated heterocycles. The van der Waals surface area contributed by atoms with Gasteiger partial charge in [0.05, 0.1) is 19.3 Å². The van der Waals surface area contributed by atoms with Crippen LogP contribution in [0.1, 0.15) is 30.0 Å². The van der Waals surface area contributed by atoms with Gasteiger partial charge in [-0.1, -0.05) is 24.3 Å². The largest absolute Gasteiger partial charge is 0.375 e. The van der Waals surface area contributed by atoms with Gasteiger partial charge < -0.3 is 10.1 Å². The molecule has 3 heteroatoms. The minimum absolute atomic E-state index is 0.473. The number of ether oxygens (including phenoxy) is 1. The molecule has 2 aliphatic heterocycles. The normalized spacial score (nSPS) is 25.2. The Balaban J connectivity index is 1.68. The summed E-state index contributed by atoms with van der Waals surface area (Å²) in [5, 5.41) is 3.30. The summed E-state index contributed by atoms with van der Waals surface area (Å²) < 4.78 is 5.78. The number of nitrogens with zero attached hydrogens (tertiary/aromatic N) is 1. The number of hydrogen-bond donors (Lipinski definition) is 1. The Morgan fingerprint density at radius 1 is 1.26 bits per heavy atom. The van der Waals surface area contributed by atoms with Crippen LogP contribution in [0, 0.1) is 5.92 Å². The quantitative estimate of drug-likeness (QED) is 0.901. The molecule has 1 unspecified atom stereocenters. The fourth-order valence-corrected chi connectivity index (χ4v) is 3.42. The highest BCUT2D eigenvalue weighted by molar-refractivity contribution is 5.31. The second-order valence-electron chi connectivity index (χ2n) is 5.77. The zero-order chi connectivity index (χ0) is 13.1. The first kappa shape index (κ1) is 13.1. The molecule has 0 saturated carbocycles. The predicted octanol–water partition coefficient (Wildman–Crippen LogP) is 2.19. The summed E-state index contributed by atoms with van der Waals surface area (Å²) in [6.07, 6.45) is 2.61. The molecule has 0 aromatic heterocycles. The molecule has 0 aliphatic carbocycles. The maximum absolute atomic E-state index is 5.78. The van der Waals surface area contributed by atoms with Crippen LogP contribution in [0.2, 0.25) is 0 Å². The molecule has 1 aromatic carbocycles. The van der Waals surface area contributed by atoms with Crippen molar-refractivity contribution in [2.24, 2.45) is 5.92 Å². The molecule has 2 aliphatic rings. The summed E-state index contributed by atoms with van der Waals surface area (Å²) in [5.74, 6) is 0.848. The maximum atomic E-state index is 5.78. The third-order valence-electron chi connectivity index (χ3n) is 4.53. The second-order valence-corrected chi connectivity index (χ2v) is 5.77. The van der Waals surface area contributed by atoms with Gasteiger partial charge in [-0.05, 0) is 56.6 Å². The van der Waals surface area contributed by atoms with Crippen LogP contribution in [0.3, 0.4) is 0 Å². The van der Waals surface area contributed by atoms with Crippen molar-refractivity contribution < 1.29 is 4.74 Å². The van der Waals surface area contributed by atoms with Crippen LogP contribution in [0.5, 0.6) is 0 Å². The highest BCUT2D eigenvalue weighted by Gasteiger charge is 2.29. The van der Waals surface area contributed by atoms with Crippen molar-refractivity contribution in [2.45, 2.75) is 25.5 Å². The van der Waals surface area contributed by atoms with Gasteiger partial charge in [0, 0.05) is 0 Å². The third kappa shape index (κ3) is 2.83. The molecule has 19 heavy (non-hydrogen) atoms. The summed E-state index contributed by atoms with van der Waals surface area (Å²) in [6, 6.07) is 9.23. The van der Waals surface area contributed by atoms with E-state index >= 15 is 0 Å². The molecule has 104 valence electrons. The van der Waals surface area contributed by atoms with E-state index in [2.05, 4.69) is 41.5 Å². The van der Waals surface area contributed by atoms with Gasteiger partial charge in [-0.15, -0.1) is 0 Å². The maximum Gasteiger partial charge on any atom is 0.0721 e. The zero-order valence-electron chi connectivity index (χ0n) is 11.8. The van der Waals surface area contributed by atoms with E-state index in [1.54, 1.807) is 0 Å². The van der Waals surface area contributed by atoms with E-state index in [0.29, 0.717) is 6.04 Å². The van der Waals surface area contributed by atoms with E-state index in [4.69, 9.17) is 4.74 Å². The molecule has 1 N–H and O–H groups in total. The first-order valence-electron chi connectivity index (χ1n) is 7.42. The molecular weight excluding hydrogens is 236 g/mol. The number of hydrogen-bond acceptors (Lipinski definition) is 3. The summed E-state index contributed by atoms with van der Waals surface area (Å²) in [5.41, 5.74) is 2.86. The van der Waals surface area contributed by atoms with Crippen molar-refractivity contribution in [1.29, 1.82) is 0 Å². The topological polar surface area (TPSA) is 24.5 Å². The van der Waals surface area contributed by atoms with Gasteiger partial charge in [-0.2, -0.15) is 0 Å². The molecule has 0 bridgehead atoms. The van der Waals surface area contributed by atoms with E-state index < -0.39 is 0 Å². The molecule has 3 rings (SSSR count). The number of fused-ring (bicyclic) bond motifs is 1. The molecule has 0 radical (unpaired) electrons. The fraction of sp³-hybridized carbons (Fsp3) is 0.625. The van der Waals surface area contributed by atoms with Crippen molar-refractivity contribution >= 4 is 0 Å². The molecular formula is C16H24N2O. The van der Waals surface area contributed by atoms with Crippen LogP contribution in [-0.2, 0) is 11.3 Å². The average molecular weight is 260 g/mol. The van der Waals surface area contributed by atoms with E-state index in [1.807, 2.05) is 0 Å². The molecule has 3 nitrogen and oxygen atoms in total. The van der Waals surface area contributed by atoms with Gasteiger partial charge >= 0.3 is 0 Å². The van der Waals surface area contributed by atoms with Gasteiger partial charge in [-0.25, -0.2) is 0 Å².